The molecule has 2 rings (SSSR count). The van der Waals surface area contributed by atoms with E-state index < -0.39 is 0 Å². The molecule has 0 radical (unpaired) electrons. The monoisotopic (exact) mass is 245 g/mol. The van der Waals surface area contributed by atoms with Gasteiger partial charge in [-0.1, -0.05) is 6.07 Å². The lowest BCUT2D eigenvalue weighted by Gasteiger charge is -2.27. The van der Waals surface area contributed by atoms with E-state index >= 15 is 0 Å². The van der Waals surface area contributed by atoms with Gasteiger partial charge in [0.1, 0.15) is 11.8 Å². The van der Waals surface area contributed by atoms with Crippen LogP contribution in [0.15, 0.2) is 12.1 Å². The van der Waals surface area contributed by atoms with Crippen molar-refractivity contribution >= 4 is 0 Å². The lowest BCUT2D eigenvalue weighted by atomic mass is 10.0. The molecular weight excluding hydrogens is 226 g/mol. The number of rotatable bonds is 3. The first-order valence-corrected chi connectivity index (χ1v) is 6.25. The molecule has 1 aliphatic rings. The molecule has 0 spiro atoms. The molecule has 1 fully saturated rings. The fourth-order valence-electron chi connectivity index (χ4n) is 2.42. The molecule has 0 unspecified atom stereocenters. The topological polar surface area (TPSA) is 48.3 Å². The van der Waals surface area contributed by atoms with E-state index in [0.29, 0.717) is 11.3 Å². The summed E-state index contributed by atoms with van der Waals surface area (Å²) in [5.74, 6) is 0.696. The van der Waals surface area contributed by atoms with E-state index in [9.17, 15) is 0 Å². The number of benzene rings is 1. The molecule has 1 saturated heterocycles. The van der Waals surface area contributed by atoms with Crippen molar-refractivity contribution in [2.75, 3.05) is 33.3 Å². The molecule has 96 valence electrons. The average molecular weight is 245 g/mol. The predicted molar refractivity (Wildman–Crippen MR) is 70.6 cm³/mol. The highest BCUT2D eigenvalue weighted by Crippen LogP contribution is 2.25. The first-order chi connectivity index (χ1) is 8.74. The summed E-state index contributed by atoms with van der Waals surface area (Å²) in [4.78, 5) is 2.40. The Labute approximate surface area is 108 Å². The Hall–Kier alpha value is -1.57. The second kappa shape index (κ2) is 5.85. The minimum atomic E-state index is 0.627. The third kappa shape index (κ3) is 2.81. The van der Waals surface area contributed by atoms with Gasteiger partial charge in [-0.25, -0.2) is 0 Å². The van der Waals surface area contributed by atoms with E-state index in [2.05, 4.69) is 22.4 Å². The van der Waals surface area contributed by atoms with Crippen LogP contribution in [0.5, 0.6) is 5.75 Å². The minimum Gasteiger partial charge on any atom is -0.495 e. The fourth-order valence-corrected chi connectivity index (χ4v) is 2.42. The second-order valence-corrected chi connectivity index (χ2v) is 4.63. The number of hydrogen-bond donors (Lipinski definition) is 1. The fraction of sp³-hybridized carbons (Fsp3) is 0.500. The van der Waals surface area contributed by atoms with Gasteiger partial charge < -0.3 is 10.1 Å². The molecule has 0 aromatic heterocycles. The van der Waals surface area contributed by atoms with Gasteiger partial charge in [0, 0.05) is 32.7 Å². The number of piperazine rings is 1. The number of nitrogens with one attached hydrogen (secondary N) is 1. The third-order valence-electron chi connectivity index (χ3n) is 3.27. The Balaban J connectivity index is 2.18. The molecular formula is C14H19N3O. The van der Waals surface area contributed by atoms with Crippen LogP contribution >= 0.6 is 0 Å². The highest BCUT2D eigenvalue weighted by atomic mass is 16.5. The quantitative estimate of drug-likeness (QED) is 0.871. The number of methoxy groups -OCH3 is 1. The second-order valence-electron chi connectivity index (χ2n) is 4.63. The van der Waals surface area contributed by atoms with Crippen LogP contribution in [0.4, 0.5) is 0 Å². The molecule has 0 atom stereocenters. The van der Waals surface area contributed by atoms with E-state index in [4.69, 9.17) is 10.00 Å². The van der Waals surface area contributed by atoms with E-state index in [0.717, 1.165) is 38.3 Å². The highest BCUT2D eigenvalue weighted by Gasteiger charge is 2.13. The van der Waals surface area contributed by atoms with Crippen molar-refractivity contribution in [1.82, 2.24) is 10.2 Å². The number of ether oxygens (including phenoxy) is 1. The Bertz CT molecular complexity index is 459. The first-order valence-electron chi connectivity index (χ1n) is 6.25. The van der Waals surface area contributed by atoms with Gasteiger partial charge in [0.25, 0.3) is 0 Å². The van der Waals surface area contributed by atoms with E-state index in [1.807, 2.05) is 13.0 Å². The molecule has 0 amide bonds. The number of nitrogens with zero attached hydrogens (tertiary/aromatic N) is 2. The van der Waals surface area contributed by atoms with Gasteiger partial charge >= 0.3 is 0 Å². The lowest BCUT2D eigenvalue weighted by molar-refractivity contribution is 0.233. The molecule has 18 heavy (non-hydrogen) atoms. The van der Waals surface area contributed by atoms with Crippen molar-refractivity contribution < 1.29 is 4.74 Å². The summed E-state index contributed by atoms with van der Waals surface area (Å²) in [7, 11) is 1.61. The summed E-state index contributed by atoms with van der Waals surface area (Å²) in [6, 6.07) is 6.26. The smallest absolute Gasteiger partial charge is 0.139 e. The molecule has 1 heterocycles. The van der Waals surface area contributed by atoms with Crippen LogP contribution in [0.25, 0.3) is 0 Å². The largest absolute Gasteiger partial charge is 0.495 e. The van der Waals surface area contributed by atoms with E-state index in [-0.39, 0.29) is 0 Å². The zero-order chi connectivity index (χ0) is 13.0. The summed E-state index contributed by atoms with van der Waals surface area (Å²) in [6.07, 6.45) is 0. The molecule has 1 N–H and O–H groups in total. The maximum atomic E-state index is 9.15. The van der Waals surface area contributed by atoms with Crippen molar-refractivity contribution in [3.05, 3.63) is 28.8 Å². The summed E-state index contributed by atoms with van der Waals surface area (Å²) in [5, 5.41) is 12.5. The van der Waals surface area contributed by atoms with Crippen LogP contribution in [0.1, 0.15) is 16.7 Å². The molecule has 0 saturated carbocycles. The van der Waals surface area contributed by atoms with Gasteiger partial charge in [-0.15, -0.1) is 0 Å². The number of hydrogen-bond acceptors (Lipinski definition) is 4. The first kappa shape index (κ1) is 12.9. The van der Waals surface area contributed by atoms with Crippen LogP contribution in [0.2, 0.25) is 0 Å². The Morgan fingerprint density at radius 1 is 1.39 bits per heavy atom. The van der Waals surface area contributed by atoms with Gasteiger partial charge in [0.2, 0.25) is 0 Å². The van der Waals surface area contributed by atoms with Crippen molar-refractivity contribution in [2.45, 2.75) is 13.5 Å². The number of aryl methyl sites for hydroxylation is 1. The molecule has 4 heteroatoms. The summed E-state index contributed by atoms with van der Waals surface area (Å²) in [6.45, 7) is 7.10. The van der Waals surface area contributed by atoms with Gasteiger partial charge in [0.15, 0.2) is 0 Å². The molecule has 0 bridgehead atoms. The Morgan fingerprint density at radius 3 is 2.72 bits per heavy atom. The van der Waals surface area contributed by atoms with Crippen LogP contribution in [-0.4, -0.2) is 38.2 Å². The van der Waals surface area contributed by atoms with Gasteiger partial charge in [0.05, 0.1) is 12.7 Å². The average Bonchev–Trinajstić information content (AvgIpc) is 2.39. The normalized spacial score (nSPS) is 16.3. The number of nitriles is 1. The predicted octanol–water partition coefficient (Wildman–Crippen LogP) is 1.28. The SMILES string of the molecule is COc1c(C)cc(CN2CCNCC2)cc1C#N. The molecule has 0 aliphatic carbocycles. The van der Waals surface area contributed by atoms with Crippen molar-refractivity contribution in [1.29, 1.82) is 5.26 Å². The highest BCUT2D eigenvalue weighted by molar-refractivity contribution is 5.50. The zero-order valence-electron chi connectivity index (χ0n) is 11.0. The molecule has 4 nitrogen and oxygen atoms in total. The zero-order valence-corrected chi connectivity index (χ0v) is 11.0. The minimum absolute atomic E-state index is 0.627. The summed E-state index contributed by atoms with van der Waals surface area (Å²) < 4.78 is 5.27. The molecule has 1 aromatic rings. The molecule has 1 aromatic carbocycles. The van der Waals surface area contributed by atoms with E-state index in [1.165, 1.54) is 5.56 Å². The van der Waals surface area contributed by atoms with Crippen molar-refractivity contribution in [2.24, 2.45) is 0 Å². The molecule has 1 aliphatic heterocycles. The van der Waals surface area contributed by atoms with Crippen LogP contribution < -0.4 is 10.1 Å². The van der Waals surface area contributed by atoms with Crippen molar-refractivity contribution in [3.63, 3.8) is 0 Å². The Kier molecular flexibility index (Phi) is 4.19. The summed E-state index contributed by atoms with van der Waals surface area (Å²) in [5.41, 5.74) is 2.84. The lowest BCUT2D eigenvalue weighted by Crippen LogP contribution is -2.42. The van der Waals surface area contributed by atoms with Crippen molar-refractivity contribution in [3.8, 4) is 11.8 Å². The van der Waals surface area contributed by atoms with Gasteiger partial charge in [-0.2, -0.15) is 5.26 Å². The standard InChI is InChI=1S/C14H19N3O/c1-11-7-12(8-13(9-15)14(11)18-2)10-17-5-3-16-4-6-17/h7-8,16H,3-6,10H2,1-2H3. The summed E-state index contributed by atoms with van der Waals surface area (Å²) >= 11 is 0. The maximum Gasteiger partial charge on any atom is 0.139 e. The van der Waals surface area contributed by atoms with Crippen LogP contribution in [0, 0.1) is 18.3 Å². The third-order valence-corrected chi connectivity index (χ3v) is 3.27. The van der Waals surface area contributed by atoms with Gasteiger partial charge in [-0.3, -0.25) is 4.90 Å². The Morgan fingerprint density at radius 2 is 2.11 bits per heavy atom. The van der Waals surface area contributed by atoms with Crippen LogP contribution in [-0.2, 0) is 6.54 Å². The van der Waals surface area contributed by atoms with Crippen LogP contribution in [0.3, 0.4) is 0 Å². The van der Waals surface area contributed by atoms with E-state index in [1.54, 1.807) is 7.11 Å². The van der Waals surface area contributed by atoms with Gasteiger partial charge in [-0.05, 0) is 24.1 Å². The maximum absolute atomic E-state index is 9.15.